The molecule has 1 aliphatic heterocycles. The number of hydrogen-bond donors (Lipinski definition) is 2. The number of rotatable bonds is 5. The fourth-order valence-electron chi connectivity index (χ4n) is 2.18. The van der Waals surface area contributed by atoms with Crippen molar-refractivity contribution in [2.45, 2.75) is 11.8 Å². The lowest BCUT2D eigenvalue weighted by molar-refractivity contribution is -0.384. The third kappa shape index (κ3) is 4.77. The zero-order valence-electron chi connectivity index (χ0n) is 14.5. The molecule has 13 heteroatoms. The highest BCUT2D eigenvalue weighted by atomic mass is 35.5. The highest BCUT2D eigenvalue weighted by Gasteiger charge is 2.66. The molecule has 8 nitrogen and oxygen atoms in total. The van der Waals surface area contributed by atoms with Gasteiger partial charge in [-0.1, -0.05) is 11.6 Å². The van der Waals surface area contributed by atoms with Crippen molar-refractivity contribution >= 4 is 35.1 Å². The van der Waals surface area contributed by atoms with Crippen molar-refractivity contribution in [3.8, 4) is 0 Å². The molecule has 0 bridgehead atoms. The molecular weight excluding hydrogens is 422 g/mol. The monoisotopic (exact) mass is 433 g/mol. The predicted octanol–water partition coefficient (Wildman–Crippen LogP) is 4.86. The van der Waals surface area contributed by atoms with Crippen molar-refractivity contribution in [1.82, 2.24) is 0 Å². The van der Waals surface area contributed by atoms with Gasteiger partial charge in [0.2, 0.25) is 6.41 Å². The van der Waals surface area contributed by atoms with Crippen molar-refractivity contribution in [3.05, 3.63) is 62.9 Å². The summed E-state index contributed by atoms with van der Waals surface area (Å²) in [4.78, 5) is 19.8. The van der Waals surface area contributed by atoms with Gasteiger partial charge in [-0.05, 0) is 30.3 Å². The van der Waals surface area contributed by atoms with E-state index < -0.39 is 28.1 Å². The van der Waals surface area contributed by atoms with Crippen LogP contribution in [-0.4, -0.2) is 24.6 Å². The molecule has 2 N–H and O–H groups in total. The Morgan fingerprint density at radius 2 is 1.79 bits per heavy atom. The van der Waals surface area contributed by atoms with Gasteiger partial charge in [0, 0.05) is 24.5 Å². The molecule has 3 rings (SSSR count). The molecule has 0 saturated heterocycles. The normalized spacial score (nSPS) is 13.7. The van der Waals surface area contributed by atoms with Crippen molar-refractivity contribution in [2.24, 2.45) is 10.2 Å². The predicted molar refractivity (Wildman–Crippen MR) is 96.3 cm³/mol. The summed E-state index contributed by atoms with van der Waals surface area (Å²) in [7, 11) is 1.53. The fourth-order valence-corrected chi connectivity index (χ4v) is 2.37. The number of nitrogens with zero attached hydrogens (tertiary/aromatic N) is 3. The number of halogens is 5. The number of hydrogen-bond acceptors (Lipinski definition) is 6. The lowest BCUT2D eigenvalue weighted by atomic mass is 10.0. The number of alkyl halides is 3. The molecule has 0 aromatic heterocycles. The van der Waals surface area contributed by atoms with E-state index in [-0.39, 0.29) is 10.7 Å². The smallest absolute Gasteiger partial charge is 0.388 e. The summed E-state index contributed by atoms with van der Waals surface area (Å²) in [6, 6.07) is 7.37. The topological polar surface area (TPSA) is 109 Å². The van der Waals surface area contributed by atoms with Gasteiger partial charge in [-0.15, -0.1) is 10.2 Å². The van der Waals surface area contributed by atoms with E-state index in [0.717, 1.165) is 12.1 Å². The number of nitrogens with one attached hydrogen (secondary N) is 2. The first kappa shape index (κ1) is 22.0. The van der Waals surface area contributed by atoms with E-state index in [9.17, 15) is 32.5 Å². The average Bonchev–Trinajstić information content (AvgIpc) is 3.46. The van der Waals surface area contributed by atoms with Crippen LogP contribution in [0, 0.1) is 15.9 Å². The van der Waals surface area contributed by atoms with E-state index in [4.69, 9.17) is 11.6 Å². The van der Waals surface area contributed by atoms with Crippen LogP contribution in [0.1, 0.15) is 5.56 Å². The SMILES string of the molecule is CNc1ccc(F)c(C2(C(F)(F)F)N=N2)c1.O=CNc1ccc(Cl)c([N+](=O)[O-])c1. The maximum Gasteiger partial charge on any atom is 0.442 e. The van der Waals surface area contributed by atoms with Crippen molar-refractivity contribution in [2.75, 3.05) is 17.7 Å². The van der Waals surface area contributed by atoms with Crippen LogP contribution in [0.3, 0.4) is 0 Å². The van der Waals surface area contributed by atoms with Gasteiger partial charge >= 0.3 is 11.8 Å². The van der Waals surface area contributed by atoms with E-state index in [2.05, 4.69) is 20.9 Å². The van der Waals surface area contributed by atoms with Crippen LogP contribution in [0.25, 0.3) is 0 Å². The lowest BCUT2D eigenvalue weighted by Gasteiger charge is -2.16. The first-order chi connectivity index (χ1) is 13.6. The summed E-state index contributed by atoms with van der Waals surface area (Å²) in [5.74, 6) is -0.971. The molecule has 2 aromatic rings. The van der Waals surface area contributed by atoms with Gasteiger partial charge in [0.25, 0.3) is 5.69 Å². The second-order valence-corrected chi connectivity index (χ2v) is 5.91. The maximum atomic E-state index is 13.3. The second-order valence-electron chi connectivity index (χ2n) is 5.50. The van der Waals surface area contributed by atoms with E-state index in [1.165, 1.54) is 31.3 Å². The molecule has 1 heterocycles. The minimum absolute atomic E-state index is 0.0430. The van der Waals surface area contributed by atoms with Crippen LogP contribution in [0.15, 0.2) is 46.6 Å². The van der Waals surface area contributed by atoms with E-state index in [1.807, 2.05) is 0 Å². The first-order valence-corrected chi connectivity index (χ1v) is 8.06. The van der Waals surface area contributed by atoms with E-state index >= 15 is 0 Å². The van der Waals surface area contributed by atoms with Crippen LogP contribution < -0.4 is 10.6 Å². The average molecular weight is 434 g/mol. The van der Waals surface area contributed by atoms with E-state index in [0.29, 0.717) is 17.8 Å². The lowest BCUT2D eigenvalue weighted by Crippen LogP contribution is -2.31. The van der Waals surface area contributed by atoms with Gasteiger partial charge in [0.05, 0.1) is 10.5 Å². The molecule has 0 fully saturated rings. The van der Waals surface area contributed by atoms with Gasteiger partial charge in [0.1, 0.15) is 10.8 Å². The third-order valence-corrected chi connectivity index (χ3v) is 4.01. The highest BCUT2D eigenvalue weighted by molar-refractivity contribution is 6.32. The summed E-state index contributed by atoms with van der Waals surface area (Å²) in [5, 5.41) is 21.2. The highest BCUT2D eigenvalue weighted by Crippen LogP contribution is 2.53. The van der Waals surface area contributed by atoms with Gasteiger partial charge in [0.15, 0.2) is 0 Å². The Balaban J connectivity index is 0.000000212. The Hall–Kier alpha value is -3.28. The molecule has 0 unspecified atom stereocenters. The molecule has 2 aromatic carbocycles. The molecule has 154 valence electrons. The van der Waals surface area contributed by atoms with Crippen LogP contribution in [0.2, 0.25) is 5.02 Å². The largest absolute Gasteiger partial charge is 0.442 e. The Morgan fingerprint density at radius 1 is 1.17 bits per heavy atom. The first-order valence-electron chi connectivity index (χ1n) is 7.68. The summed E-state index contributed by atoms with van der Waals surface area (Å²) >= 11 is 5.53. The van der Waals surface area contributed by atoms with Crippen LogP contribution in [-0.2, 0) is 10.5 Å². The number of anilines is 2. The van der Waals surface area contributed by atoms with Crippen LogP contribution in [0.5, 0.6) is 0 Å². The molecule has 0 spiro atoms. The van der Waals surface area contributed by atoms with Crippen molar-refractivity contribution < 1.29 is 27.3 Å². The minimum Gasteiger partial charge on any atom is -0.388 e. The Morgan fingerprint density at radius 3 is 2.28 bits per heavy atom. The number of amides is 1. The van der Waals surface area contributed by atoms with Gasteiger partial charge in [-0.3, -0.25) is 14.9 Å². The van der Waals surface area contributed by atoms with Crippen LogP contribution >= 0.6 is 11.6 Å². The summed E-state index contributed by atoms with van der Waals surface area (Å²) in [6.45, 7) is 0. The summed E-state index contributed by atoms with van der Waals surface area (Å²) in [6.07, 6.45) is -4.27. The Labute approximate surface area is 165 Å². The number of nitro benzene ring substituents is 1. The summed E-state index contributed by atoms with van der Waals surface area (Å²) < 4.78 is 51.2. The number of benzene rings is 2. The molecular formula is C16H12ClF4N5O3. The number of nitro groups is 1. The molecule has 0 radical (unpaired) electrons. The fraction of sp³-hybridized carbons (Fsp3) is 0.188. The van der Waals surface area contributed by atoms with Crippen LogP contribution in [0.4, 0.5) is 34.6 Å². The number of carbonyl (C=O) groups excluding carboxylic acids is 1. The van der Waals surface area contributed by atoms with E-state index in [1.54, 1.807) is 0 Å². The van der Waals surface area contributed by atoms with Gasteiger partial charge in [-0.25, -0.2) is 4.39 Å². The molecule has 0 atom stereocenters. The Kier molecular flexibility index (Phi) is 6.37. The standard InChI is InChI=1S/C9H7F4N3.C7H5ClN2O3/c1-14-5-2-3-7(10)6(4-5)8(15-16-8)9(11,12)13;8-6-2-1-5(9-4-11)3-7(6)10(12)13/h2-4,14H,1H3;1-4H,(H,9,11). The van der Waals surface area contributed by atoms with Crippen molar-refractivity contribution in [1.29, 1.82) is 0 Å². The summed E-state index contributed by atoms with van der Waals surface area (Å²) in [5.41, 5.74) is -2.80. The molecule has 1 aliphatic rings. The van der Waals surface area contributed by atoms with Crippen molar-refractivity contribution in [3.63, 3.8) is 0 Å². The number of carbonyl (C=O) groups is 1. The zero-order chi connectivity index (χ0) is 21.8. The molecule has 1 amide bonds. The minimum atomic E-state index is -4.71. The molecule has 0 aliphatic carbocycles. The Bertz CT molecular complexity index is 962. The quantitative estimate of drug-likeness (QED) is 0.303. The third-order valence-electron chi connectivity index (χ3n) is 3.69. The zero-order valence-corrected chi connectivity index (χ0v) is 15.3. The molecule has 0 saturated carbocycles. The van der Waals surface area contributed by atoms with Gasteiger partial charge in [-0.2, -0.15) is 13.2 Å². The van der Waals surface area contributed by atoms with Gasteiger partial charge < -0.3 is 10.6 Å². The molecule has 29 heavy (non-hydrogen) atoms. The second kappa shape index (κ2) is 8.39. The maximum absolute atomic E-state index is 13.3.